The van der Waals surface area contributed by atoms with Gasteiger partial charge in [-0.15, -0.1) is 0 Å². The van der Waals surface area contributed by atoms with Gasteiger partial charge in [-0.1, -0.05) is 20.8 Å². The lowest BCUT2D eigenvalue weighted by Crippen LogP contribution is -2.36. The van der Waals surface area contributed by atoms with Crippen LogP contribution in [0.25, 0.3) is 0 Å². The number of amides is 1. The molecule has 4 nitrogen and oxygen atoms in total. The normalized spacial score (nSPS) is 14.3. The molecule has 1 aromatic rings. The Morgan fingerprint density at radius 2 is 2.14 bits per heavy atom. The van der Waals surface area contributed by atoms with Crippen LogP contribution in [-0.2, 0) is 0 Å². The summed E-state index contributed by atoms with van der Waals surface area (Å²) in [5, 5.41) is 3.27. The number of carbonyl (C=O) groups excluding carboxylic acids is 1. The first-order valence-electron chi connectivity index (χ1n) is 8.04. The van der Waals surface area contributed by atoms with Crippen molar-refractivity contribution in [2.75, 3.05) is 18.4 Å². The number of nitrogens with zero attached hydrogens (tertiary/aromatic N) is 2. The summed E-state index contributed by atoms with van der Waals surface area (Å²) in [6.45, 7) is 10.1. The van der Waals surface area contributed by atoms with E-state index in [-0.39, 0.29) is 5.91 Å². The van der Waals surface area contributed by atoms with Crippen LogP contribution >= 0.6 is 0 Å². The molecule has 4 heteroatoms. The fourth-order valence-electron chi connectivity index (χ4n) is 2.48. The number of pyridine rings is 1. The Morgan fingerprint density at radius 1 is 1.43 bits per heavy atom. The lowest BCUT2D eigenvalue weighted by Gasteiger charge is -2.25. The maximum absolute atomic E-state index is 12.8. The summed E-state index contributed by atoms with van der Waals surface area (Å²) in [6.07, 6.45) is 3.33. The Balaban J connectivity index is 2.18. The monoisotopic (exact) mass is 289 g/mol. The third-order valence-electron chi connectivity index (χ3n) is 3.57. The highest BCUT2D eigenvalue weighted by atomic mass is 16.2. The van der Waals surface area contributed by atoms with E-state index in [9.17, 15) is 4.79 Å². The Hall–Kier alpha value is -1.58. The van der Waals surface area contributed by atoms with E-state index in [4.69, 9.17) is 0 Å². The summed E-state index contributed by atoms with van der Waals surface area (Å²) < 4.78 is 0. The first-order chi connectivity index (χ1) is 10.0. The van der Waals surface area contributed by atoms with E-state index >= 15 is 0 Å². The van der Waals surface area contributed by atoms with Crippen LogP contribution in [0.3, 0.4) is 0 Å². The van der Waals surface area contributed by atoms with E-state index in [1.807, 2.05) is 24.0 Å². The van der Waals surface area contributed by atoms with Gasteiger partial charge in [0, 0.05) is 30.4 Å². The van der Waals surface area contributed by atoms with Gasteiger partial charge in [-0.3, -0.25) is 4.79 Å². The zero-order chi connectivity index (χ0) is 15.4. The van der Waals surface area contributed by atoms with E-state index in [0.717, 1.165) is 49.4 Å². The molecular formula is C17H27N3O. The van der Waals surface area contributed by atoms with Crippen LogP contribution < -0.4 is 5.32 Å². The topological polar surface area (TPSA) is 45.2 Å². The van der Waals surface area contributed by atoms with Crippen LogP contribution in [0.15, 0.2) is 12.1 Å². The number of hydrogen-bond donors (Lipinski definition) is 1. The van der Waals surface area contributed by atoms with Gasteiger partial charge in [-0.05, 0) is 44.2 Å². The van der Waals surface area contributed by atoms with Crippen LogP contribution in [0.2, 0.25) is 0 Å². The molecule has 1 aliphatic rings. The maximum Gasteiger partial charge on any atom is 0.254 e. The second-order valence-electron chi connectivity index (χ2n) is 6.39. The smallest absolute Gasteiger partial charge is 0.254 e. The summed E-state index contributed by atoms with van der Waals surface area (Å²) in [5.41, 5.74) is 1.65. The minimum Gasteiger partial charge on any atom is -0.370 e. The number of anilines is 1. The quantitative estimate of drug-likeness (QED) is 0.836. The second-order valence-corrected chi connectivity index (χ2v) is 6.39. The van der Waals surface area contributed by atoms with Crippen LogP contribution in [0.5, 0.6) is 0 Å². The van der Waals surface area contributed by atoms with Crippen molar-refractivity contribution < 1.29 is 4.79 Å². The van der Waals surface area contributed by atoms with Crippen LogP contribution in [0.4, 0.5) is 5.82 Å². The highest BCUT2D eigenvalue weighted by Crippen LogP contribution is 2.29. The summed E-state index contributed by atoms with van der Waals surface area (Å²) in [5.74, 6) is 1.45. The van der Waals surface area contributed by atoms with E-state index in [0.29, 0.717) is 12.0 Å². The Labute approximate surface area is 127 Å². The Kier molecular flexibility index (Phi) is 5.21. The van der Waals surface area contributed by atoms with Crippen LogP contribution in [0.1, 0.15) is 56.1 Å². The van der Waals surface area contributed by atoms with Gasteiger partial charge in [0.1, 0.15) is 5.82 Å². The molecule has 0 aliphatic heterocycles. The van der Waals surface area contributed by atoms with Crippen molar-refractivity contribution >= 4 is 11.7 Å². The minimum absolute atomic E-state index is 0.149. The van der Waals surface area contributed by atoms with Crippen molar-refractivity contribution in [1.82, 2.24) is 9.88 Å². The highest BCUT2D eigenvalue weighted by Gasteiger charge is 2.33. The van der Waals surface area contributed by atoms with E-state index < -0.39 is 0 Å². The van der Waals surface area contributed by atoms with Gasteiger partial charge in [0.15, 0.2) is 0 Å². The molecule has 0 radical (unpaired) electrons. The molecule has 1 N–H and O–H groups in total. The van der Waals surface area contributed by atoms with Crippen LogP contribution in [-0.4, -0.2) is 34.9 Å². The van der Waals surface area contributed by atoms with Crippen molar-refractivity contribution in [2.45, 2.75) is 53.0 Å². The standard InChI is InChI=1S/C17H27N3O/c1-5-8-18-16-10-14(9-13(4)19-16)17(21)20(11-12(2)3)15-6-7-15/h9-10,12,15H,5-8,11H2,1-4H3,(H,18,19). The number of hydrogen-bond acceptors (Lipinski definition) is 3. The van der Waals surface area contributed by atoms with Gasteiger partial charge < -0.3 is 10.2 Å². The fraction of sp³-hybridized carbons (Fsp3) is 0.647. The first kappa shape index (κ1) is 15.8. The molecule has 1 amide bonds. The van der Waals surface area contributed by atoms with E-state index in [1.165, 1.54) is 0 Å². The molecule has 21 heavy (non-hydrogen) atoms. The lowest BCUT2D eigenvalue weighted by atomic mass is 10.1. The molecule has 1 fully saturated rings. The van der Waals surface area contributed by atoms with Gasteiger partial charge in [0.05, 0.1) is 0 Å². The molecule has 0 atom stereocenters. The zero-order valence-electron chi connectivity index (χ0n) is 13.6. The molecule has 0 spiro atoms. The average Bonchev–Trinajstić information content (AvgIpc) is 3.25. The average molecular weight is 289 g/mol. The number of aryl methyl sites for hydroxylation is 1. The molecule has 2 rings (SSSR count). The first-order valence-corrected chi connectivity index (χ1v) is 8.04. The van der Waals surface area contributed by atoms with Crippen molar-refractivity contribution in [3.8, 4) is 0 Å². The minimum atomic E-state index is 0.149. The number of rotatable bonds is 7. The largest absolute Gasteiger partial charge is 0.370 e. The SMILES string of the molecule is CCCNc1cc(C(=O)N(CC(C)C)C2CC2)cc(C)n1. The molecule has 116 valence electrons. The van der Waals surface area contributed by atoms with E-state index in [1.54, 1.807) is 0 Å². The lowest BCUT2D eigenvalue weighted by molar-refractivity contribution is 0.0722. The van der Waals surface area contributed by atoms with Crippen molar-refractivity contribution in [3.05, 3.63) is 23.4 Å². The molecule has 1 heterocycles. The van der Waals surface area contributed by atoms with Crippen LogP contribution in [0, 0.1) is 12.8 Å². The second kappa shape index (κ2) is 6.92. The van der Waals surface area contributed by atoms with Crippen molar-refractivity contribution in [2.24, 2.45) is 5.92 Å². The molecular weight excluding hydrogens is 262 g/mol. The highest BCUT2D eigenvalue weighted by molar-refractivity contribution is 5.95. The number of carbonyl (C=O) groups is 1. The molecule has 0 saturated heterocycles. The molecule has 1 saturated carbocycles. The van der Waals surface area contributed by atoms with Gasteiger partial charge >= 0.3 is 0 Å². The Bertz CT molecular complexity index is 495. The number of nitrogens with one attached hydrogen (secondary N) is 1. The zero-order valence-corrected chi connectivity index (χ0v) is 13.6. The molecule has 0 bridgehead atoms. The Morgan fingerprint density at radius 3 is 2.71 bits per heavy atom. The predicted octanol–water partition coefficient (Wildman–Crippen LogP) is 3.47. The third kappa shape index (κ3) is 4.45. The van der Waals surface area contributed by atoms with Gasteiger partial charge in [-0.2, -0.15) is 0 Å². The van der Waals surface area contributed by atoms with Gasteiger partial charge in [-0.25, -0.2) is 4.98 Å². The maximum atomic E-state index is 12.8. The summed E-state index contributed by atoms with van der Waals surface area (Å²) in [6, 6.07) is 4.23. The van der Waals surface area contributed by atoms with E-state index in [2.05, 4.69) is 31.1 Å². The predicted molar refractivity (Wildman–Crippen MR) is 86.7 cm³/mol. The van der Waals surface area contributed by atoms with Crippen molar-refractivity contribution in [3.63, 3.8) is 0 Å². The summed E-state index contributed by atoms with van der Waals surface area (Å²) in [4.78, 5) is 19.3. The van der Waals surface area contributed by atoms with Gasteiger partial charge in [0.25, 0.3) is 5.91 Å². The fourth-order valence-corrected chi connectivity index (χ4v) is 2.48. The van der Waals surface area contributed by atoms with Gasteiger partial charge in [0.2, 0.25) is 0 Å². The number of aromatic nitrogens is 1. The third-order valence-corrected chi connectivity index (χ3v) is 3.57. The molecule has 0 aromatic carbocycles. The molecule has 0 unspecified atom stereocenters. The van der Waals surface area contributed by atoms with Crippen molar-refractivity contribution in [1.29, 1.82) is 0 Å². The summed E-state index contributed by atoms with van der Waals surface area (Å²) in [7, 11) is 0. The molecule has 1 aromatic heterocycles. The molecule has 1 aliphatic carbocycles. The summed E-state index contributed by atoms with van der Waals surface area (Å²) >= 11 is 0.